The number of primary sulfonamides is 1. The number of nitrogens with one attached hydrogen (secondary N) is 1. The van der Waals surface area contributed by atoms with Crippen molar-refractivity contribution in [2.24, 2.45) is 5.14 Å². The van der Waals surface area contributed by atoms with E-state index in [-0.39, 0.29) is 11.4 Å². The number of sulfonamides is 1. The molecule has 3 rings (SSSR count). The van der Waals surface area contributed by atoms with Gasteiger partial charge in [0.15, 0.2) is 0 Å². The maximum absolute atomic E-state index is 12.2. The summed E-state index contributed by atoms with van der Waals surface area (Å²) in [5.41, 5.74) is 1.23. The number of carbonyl (C=O) groups excluding carboxylic acids is 1. The molecule has 0 aliphatic rings. The van der Waals surface area contributed by atoms with Crippen molar-refractivity contribution in [2.75, 3.05) is 5.32 Å². The average Bonchev–Trinajstić information content (AvgIpc) is 2.64. The summed E-state index contributed by atoms with van der Waals surface area (Å²) in [5.74, 6) is -0.486. The molecule has 138 valence electrons. The minimum atomic E-state index is -3.81. The van der Waals surface area contributed by atoms with Crippen LogP contribution in [-0.4, -0.2) is 29.1 Å². The molecule has 2 aromatic heterocycles. The van der Waals surface area contributed by atoms with E-state index in [2.05, 4.69) is 15.4 Å². The molecule has 0 radical (unpaired) electrons. The Hall–Kier alpha value is -3.37. The van der Waals surface area contributed by atoms with Crippen LogP contribution in [0.3, 0.4) is 0 Å². The number of anilines is 1. The molecule has 0 aliphatic heterocycles. The zero-order valence-electron chi connectivity index (χ0n) is 13.9. The Labute approximate surface area is 154 Å². The van der Waals surface area contributed by atoms with Gasteiger partial charge in [-0.25, -0.2) is 18.2 Å². The summed E-state index contributed by atoms with van der Waals surface area (Å²) in [6, 6.07) is 11.7. The Morgan fingerprint density at radius 1 is 1.04 bits per heavy atom. The van der Waals surface area contributed by atoms with E-state index in [9.17, 15) is 18.0 Å². The average molecular weight is 385 g/mol. The zero-order chi connectivity index (χ0) is 19.4. The summed E-state index contributed by atoms with van der Waals surface area (Å²) in [5, 5.41) is 11.8. The minimum Gasteiger partial charge on any atom is -0.324 e. The molecule has 0 saturated heterocycles. The monoisotopic (exact) mass is 385 g/mol. The van der Waals surface area contributed by atoms with Gasteiger partial charge >= 0.3 is 0 Å². The lowest BCUT2D eigenvalue weighted by Gasteiger charge is -2.08. The molecule has 10 heteroatoms. The van der Waals surface area contributed by atoms with Crippen molar-refractivity contribution in [2.45, 2.75) is 11.4 Å². The number of rotatable bonds is 5. The molecule has 2 heterocycles. The van der Waals surface area contributed by atoms with Gasteiger partial charge < -0.3 is 5.32 Å². The first-order chi connectivity index (χ1) is 12.8. The molecule has 0 bridgehead atoms. The smallest absolute Gasteiger partial charge is 0.267 e. The Kier molecular flexibility index (Phi) is 5.10. The van der Waals surface area contributed by atoms with Crippen molar-refractivity contribution >= 4 is 21.6 Å². The van der Waals surface area contributed by atoms with Gasteiger partial charge in [-0.2, -0.15) is 5.10 Å². The molecule has 0 saturated carbocycles. The lowest BCUT2D eigenvalue weighted by molar-refractivity contribution is -0.117. The number of nitrogens with two attached hydrogens (primary N) is 1. The molecule has 0 aliphatic carbocycles. The van der Waals surface area contributed by atoms with Gasteiger partial charge in [0.2, 0.25) is 15.9 Å². The Morgan fingerprint density at radius 2 is 1.70 bits per heavy atom. The highest BCUT2D eigenvalue weighted by Gasteiger charge is 2.10. The fraction of sp³-hybridized carbons (Fsp3) is 0.0588. The van der Waals surface area contributed by atoms with E-state index in [1.165, 1.54) is 30.3 Å². The maximum atomic E-state index is 12.2. The summed E-state index contributed by atoms with van der Waals surface area (Å²) in [6.45, 7) is -0.297. The van der Waals surface area contributed by atoms with Crippen LogP contribution in [0.2, 0.25) is 0 Å². The second kappa shape index (κ2) is 7.48. The van der Waals surface area contributed by atoms with Crippen molar-refractivity contribution in [3.8, 4) is 11.3 Å². The van der Waals surface area contributed by atoms with Crippen LogP contribution in [0.15, 0.2) is 70.6 Å². The van der Waals surface area contributed by atoms with Crippen LogP contribution >= 0.6 is 0 Å². The lowest BCUT2D eigenvalue weighted by Crippen LogP contribution is -2.29. The molecule has 0 fully saturated rings. The summed E-state index contributed by atoms with van der Waals surface area (Å²) in [7, 11) is -3.81. The number of amides is 1. The van der Waals surface area contributed by atoms with Crippen LogP contribution in [-0.2, 0) is 21.4 Å². The lowest BCUT2D eigenvalue weighted by atomic mass is 10.2. The number of hydrogen-bond acceptors (Lipinski definition) is 6. The van der Waals surface area contributed by atoms with Gasteiger partial charge in [0.25, 0.3) is 5.56 Å². The SMILES string of the molecule is NS(=O)(=O)c1ccc(NC(=O)Cn2nc(-c3ccncc3)ccc2=O)cc1. The second-order valence-electron chi connectivity index (χ2n) is 5.57. The molecule has 3 N–H and O–H groups in total. The van der Waals surface area contributed by atoms with Gasteiger partial charge in [-0.1, -0.05) is 0 Å². The Morgan fingerprint density at radius 3 is 2.33 bits per heavy atom. The molecule has 3 aromatic rings. The predicted molar refractivity (Wildman–Crippen MR) is 98.2 cm³/mol. The van der Waals surface area contributed by atoms with Crippen molar-refractivity contribution in [1.29, 1.82) is 0 Å². The molecular formula is C17H15N5O4S. The molecule has 1 aromatic carbocycles. The van der Waals surface area contributed by atoms with E-state index in [1.807, 2.05) is 0 Å². The van der Waals surface area contributed by atoms with E-state index >= 15 is 0 Å². The van der Waals surface area contributed by atoms with E-state index < -0.39 is 21.5 Å². The van der Waals surface area contributed by atoms with Gasteiger partial charge in [0.1, 0.15) is 6.54 Å². The van der Waals surface area contributed by atoms with E-state index in [0.29, 0.717) is 11.4 Å². The van der Waals surface area contributed by atoms with Crippen molar-refractivity contribution in [3.63, 3.8) is 0 Å². The van der Waals surface area contributed by atoms with E-state index in [0.717, 1.165) is 10.2 Å². The van der Waals surface area contributed by atoms with E-state index in [4.69, 9.17) is 5.14 Å². The number of aromatic nitrogens is 3. The largest absolute Gasteiger partial charge is 0.324 e. The minimum absolute atomic E-state index is 0.0663. The van der Waals surface area contributed by atoms with Crippen LogP contribution in [0.4, 0.5) is 5.69 Å². The third-order valence-electron chi connectivity index (χ3n) is 3.60. The van der Waals surface area contributed by atoms with Crippen LogP contribution in [0, 0.1) is 0 Å². The van der Waals surface area contributed by atoms with Crippen molar-refractivity contribution in [3.05, 3.63) is 71.3 Å². The van der Waals surface area contributed by atoms with Crippen LogP contribution in [0.1, 0.15) is 0 Å². The Balaban J connectivity index is 1.75. The van der Waals surface area contributed by atoms with Gasteiger partial charge in [-0.3, -0.25) is 14.6 Å². The quantitative estimate of drug-likeness (QED) is 0.659. The fourth-order valence-corrected chi connectivity index (χ4v) is 2.82. The molecule has 0 atom stereocenters. The zero-order valence-corrected chi connectivity index (χ0v) is 14.8. The third-order valence-corrected chi connectivity index (χ3v) is 4.53. The van der Waals surface area contributed by atoms with Gasteiger partial charge in [-0.15, -0.1) is 0 Å². The number of pyridine rings is 1. The van der Waals surface area contributed by atoms with E-state index in [1.54, 1.807) is 30.6 Å². The number of carbonyl (C=O) groups is 1. The van der Waals surface area contributed by atoms with Crippen molar-refractivity contribution < 1.29 is 13.2 Å². The normalized spacial score (nSPS) is 11.1. The highest BCUT2D eigenvalue weighted by molar-refractivity contribution is 7.89. The molecule has 9 nitrogen and oxygen atoms in total. The first-order valence-corrected chi connectivity index (χ1v) is 9.29. The predicted octanol–water partition coefficient (Wildman–Crippen LogP) is 0.591. The second-order valence-corrected chi connectivity index (χ2v) is 7.13. The summed E-state index contributed by atoms with van der Waals surface area (Å²) >= 11 is 0. The van der Waals surface area contributed by atoms with Crippen LogP contribution in [0.25, 0.3) is 11.3 Å². The number of hydrogen-bond donors (Lipinski definition) is 2. The van der Waals surface area contributed by atoms with Crippen molar-refractivity contribution in [1.82, 2.24) is 14.8 Å². The standard InChI is InChI=1S/C17H15N5O4S/c18-27(25,26)14-3-1-13(2-4-14)20-16(23)11-22-17(24)6-5-15(21-22)12-7-9-19-10-8-12/h1-10H,11H2,(H,20,23)(H2,18,25,26). The van der Waals surface area contributed by atoms with Crippen LogP contribution in [0.5, 0.6) is 0 Å². The van der Waals surface area contributed by atoms with Gasteiger partial charge in [-0.05, 0) is 42.5 Å². The van der Waals surface area contributed by atoms with Crippen LogP contribution < -0.4 is 16.0 Å². The summed E-state index contributed by atoms with van der Waals surface area (Å²) in [4.78, 5) is 28.0. The summed E-state index contributed by atoms with van der Waals surface area (Å²) in [6.07, 6.45) is 3.20. The molecule has 27 heavy (non-hydrogen) atoms. The number of nitrogens with zero attached hydrogens (tertiary/aromatic N) is 3. The molecule has 0 unspecified atom stereocenters. The Bertz CT molecular complexity index is 1130. The van der Waals surface area contributed by atoms with Gasteiger partial charge in [0.05, 0.1) is 10.6 Å². The summed E-state index contributed by atoms with van der Waals surface area (Å²) < 4.78 is 23.5. The fourth-order valence-electron chi connectivity index (χ4n) is 2.30. The third kappa shape index (κ3) is 4.63. The molecular weight excluding hydrogens is 370 g/mol. The first-order valence-electron chi connectivity index (χ1n) is 7.74. The number of benzene rings is 1. The maximum Gasteiger partial charge on any atom is 0.267 e. The highest BCUT2D eigenvalue weighted by Crippen LogP contribution is 2.14. The topological polar surface area (TPSA) is 137 Å². The first kappa shape index (κ1) is 18.4. The molecule has 0 spiro atoms. The van der Waals surface area contributed by atoms with Gasteiger partial charge in [0, 0.05) is 29.7 Å². The molecule has 1 amide bonds. The highest BCUT2D eigenvalue weighted by atomic mass is 32.2.